The van der Waals surface area contributed by atoms with Crippen molar-refractivity contribution in [2.75, 3.05) is 23.9 Å². The number of aliphatic hydroxyl groups excluding tert-OH is 1. The smallest absolute Gasteiger partial charge is 0.163 e. The van der Waals surface area contributed by atoms with Crippen molar-refractivity contribution in [2.45, 2.75) is 18.8 Å². The maximum absolute atomic E-state index is 9.75. The van der Waals surface area contributed by atoms with Crippen molar-refractivity contribution in [2.24, 2.45) is 5.92 Å². The van der Waals surface area contributed by atoms with Crippen molar-refractivity contribution in [3.63, 3.8) is 0 Å². The number of hydrogen-bond acceptors (Lipinski definition) is 3. The fourth-order valence-corrected chi connectivity index (χ4v) is 2.51. The van der Waals surface area contributed by atoms with E-state index >= 15 is 0 Å². The van der Waals surface area contributed by atoms with Gasteiger partial charge >= 0.3 is 0 Å². The Morgan fingerprint density at radius 2 is 1.92 bits per heavy atom. The van der Waals surface area contributed by atoms with Crippen molar-refractivity contribution >= 4 is 31.9 Å². The molecule has 0 aromatic rings. The van der Waals surface area contributed by atoms with Crippen LogP contribution in [0.15, 0.2) is 0 Å². The highest BCUT2D eigenvalue weighted by atomic mass is 79.9. The minimum Gasteiger partial charge on any atom is -0.393 e. The van der Waals surface area contributed by atoms with Crippen LogP contribution in [0, 0.1) is 5.92 Å². The number of hydrogen-bond donors (Lipinski definition) is 1. The molecule has 1 aliphatic heterocycles. The van der Waals surface area contributed by atoms with Crippen molar-refractivity contribution in [3.8, 4) is 0 Å². The van der Waals surface area contributed by atoms with Crippen LogP contribution in [-0.2, 0) is 9.47 Å². The summed E-state index contributed by atoms with van der Waals surface area (Å²) in [6.07, 6.45) is 0.106. The molecule has 5 heteroatoms. The van der Waals surface area contributed by atoms with Gasteiger partial charge in [0, 0.05) is 16.6 Å². The molecule has 1 fully saturated rings. The van der Waals surface area contributed by atoms with E-state index in [0.717, 1.165) is 11.8 Å². The Balaban J connectivity index is 2.39. The second-order valence-corrected chi connectivity index (χ2v) is 4.41. The maximum atomic E-state index is 9.75. The lowest BCUT2D eigenvalue weighted by Gasteiger charge is -2.24. The van der Waals surface area contributed by atoms with Crippen LogP contribution in [0.4, 0.5) is 0 Å². The van der Waals surface area contributed by atoms with Gasteiger partial charge in [0.05, 0.1) is 19.3 Å². The van der Waals surface area contributed by atoms with Gasteiger partial charge < -0.3 is 14.6 Å². The molecule has 2 atom stereocenters. The average molecular weight is 318 g/mol. The zero-order valence-corrected chi connectivity index (χ0v) is 10.5. The average Bonchev–Trinajstić information content (AvgIpc) is 2.59. The van der Waals surface area contributed by atoms with Crippen molar-refractivity contribution in [3.05, 3.63) is 0 Å². The molecular formula is C8H14Br2O3. The van der Waals surface area contributed by atoms with Gasteiger partial charge in [0.2, 0.25) is 0 Å². The van der Waals surface area contributed by atoms with Crippen LogP contribution in [0.2, 0.25) is 0 Å². The normalized spacial score (nSPS) is 23.3. The van der Waals surface area contributed by atoms with Crippen molar-refractivity contribution in [1.82, 2.24) is 0 Å². The van der Waals surface area contributed by atoms with Gasteiger partial charge in [-0.3, -0.25) is 0 Å². The van der Waals surface area contributed by atoms with Gasteiger partial charge in [-0.2, -0.15) is 0 Å². The third-order valence-electron chi connectivity index (χ3n) is 2.07. The summed E-state index contributed by atoms with van der Waals surface area (Å²) in [4.78, 5) is 0. The zero-order chi connectivity index (χ0) is 9.68. The summed E-state index contributed by atoms with van der Waals surface area (Å²) in [5.41, 5.74) is 0. The largest absolute Gasteiger partial charge is 0.393 e. The molecule has 0 aromatic carbocycles. The summed E-state index contributed by atoms with van der Waals surface area (Å²) in [5, 5.41) is 11.2. The first kappa shape index (κ1) is 11.9. The number of aliphatic hydroxyl groups is 1. The molecule has 3 nitrogen and oxygen atoms in total. The maximum Gasteiger partial charge on any atom is 0.163 e. The minimum atomic E-state index is -0.373. The number of alkyl halides is 2. The highest BCUT2D eigenvalue weighted by molar-refractivity contribution is 9.09. The summed E-state index contributed by atoms with van der Waals surface area (Å²) in [5.74, 6) is 0.0278. The fraction of sp³-hybridized carbons (Fsp3) is 1.00. The first-order valence-electron chi connectivity index (χ1n) is 4.32. The Morgan fingerprint density at radius 1 is 1.31 bits per heavy atom. The first-order valence-corrected chi connectivity index (χ1v) is 6.57. The lowest BCUT2D eigenvalue weighted by molar-refractivity contribution is -0.108. The molecule has 0 saturated carbocycles. The molecular weight excluding hydrogens is 304 g/mol. The van der Waals surface area contributed by atoms with Crippen LogP contribution in [0.3, 0.4) is 0 Å². The van der Waals surface area contributed by atoms with Gasteiger partial charge in [0.1, 0.15) is 0 Å². The summed E-state index contributed by atoms with van der Waals surface area (Å²) in [7, 11) is 0. The molecule has 78 valence electrons. The van der Waals surface area contributed by atoms with E-state index in [4.69, 9.17) is 9.47 Å². The molecule has 0 amide bonds. The zero-order valence-electron chi connectivity index (χ0n) is 7.29. The SMILES string of the molecule is OC(CCBr)C(CBr)C1OCCO1. The highest BCUT2D eigenvalue weighted by Gasteiger charge is 2.31. The Hall–Kier alpha value is 0.840. The Kier molecular flexibility index (Phi) is 5.82. The minimum absolute atomic E-state index is 0.0278. The second-order valence-electron chi connectivity index (χ2n) is 2.97. The van der Waals surface area contributed by atoms with E-state index < -0.39 is 0 Å². The van der Waals surface area contributed by atoms with E-state index in [1.165, 1.54) is 0 Å². The molecule has 0 bridgehead atoms. The lowest BCUT2D eigenvalue weighted by atomic mass is 10.0. The summed E-state index contributed by atoms with van der Waals surface area (Å²) >= 11 is 6.66. The van der Waals surface area contributed by atoms with Crippen LogP contribution in [0.1, 0.15) is 6.42 Å². The topological polar surface area (TPSA) is 38.7 Å². The van der Waals surface area contributed by atoms with Gasteiger partial charge in [-0.15, -0.1) is 0 Å². The number of rotatable bonds is 5. The first-order chi connectivity index (χ1) is 6.29. The van der Waals surface area contributed by atoms with Gasteiger partial charge in [-0.1, -0.05) is 31.9 Å². The molecule has 1 rings (SSSR count). The standard InChI is InChI=1S/C8H14Br2O3/c9-2-1-7(11)6(5-10)8-12-3-4-13-8/h6-8,11H,1-5H2. The molecule has 1 N–H and O–H groups in total. The molecule has 2 unspecified atom stereocenters. The van der Waals surface area contributed by atoms with Crippen molar-refractivity contribution in [1.29, 1.82) is 0 Å². The van der Waals surface area contributed by atoms with E-state index in [9.17, 15) is 5.11 Å². The van der Waals surface area contributed by atoms with Crippen LogP contribution in [0.25, 0.3) is 0 Å². The van der Waals surface area contributed by atoms with Crippen LogP contribution < -0.4 is 0 Å². The van der Waals surface area contributed by atoms with Crippen LogP contribution in [-0.4, -0.2) is 41.4 Å². The molecule has 1 aliphatic rings. The second kappa shape index (κ2) is 6.35. The van der Waals surface area contributed by atoms with E-state index in [2.05, 4.69) is 31.9 Å². The van der Waals surface area contributed by atoms with Crippen LogP contribution in [0.5, 0.6) is 0 Å². The number of ether oxygens (including phenoxy) is 2. The van der Waals surface area contributed by atoms with Crippen LogP contribution >= 0.6 is 31.9 Å². The van der Waals surface area contributed by atoms with Gasteiger partial charge in [0.25, 0.3) is 0 Å². The van der Waals surface area contributed by atoms with E-state index in [1.54, 1.807) is 0 Å². The van der Waals surface area contributed by atoms with Gasteiger partial charge in [-0.25, -0.2) is 0 Å². The Bertz CT molecular complexity index is 139. The molecule has 13 heavy (non-hydrogen) atoms. The van der Waals surface area contributed by atoms with Crippen molar-refractivity contribution < 1.29 is 14.6 Å². The third kappa shape index (κ3) is 3.47. The fourth-order valence-electron chi connectivity index (χ4n) is 1.31. The molecule has 0 aromatic heterocycles. The monoisotopic (exact) mass is 316 g/mol. The summed E-state index contributed by atoms with van der Waals surface area (Å²) in [6, 6.07) is 0. The highest BCUT2D eigenvalue weighted by Crippen LogP contribution is 2.22. The lowest BCUT2D eigenvalue weighted by Crippen LogP contribution is -2.34. The summed E-state index contributed by atoms with van der Waals surface area (Å²) in [6.45, 7) is 1.27. The molecule has 0 aliphatic carbocycles. The third-order valence-corrected chi connectivity index (χ3v) is 3.28. The Morgan fingerprint density at radius 3 is 2.38 bits per heavy atom. The quantitative estimate of drug-likeness (QED) is 0.781. The molecule has 0 spiro atoms. The predicted octanol–water partition coefficient (Wildman–Crippen LogP) is 1.52. The van der Waals surface area contributed by atoms with Gasteiger partial charge in [-0.05, 0) is 6.42 Å². The van der Waals surface area contributed by atoms with E-state index in [0.29, 0.717) is 18.5 Å². The van der Waals surface area contributed by atoms with E-state index in [1.807, 2.05) is 0 Å². The molecule has 1 saturated heterocycles. The predicted molar refractivity (Wildman–Crippen MR) is 57.4 cm³/mol. The Labute approximate surface area is 95.0 Å². The molecule has 0 radical (unpaired) electrons. The summed E-state index contributed by atoms with van der Waals surface area (Å²) < 4.78 is 10.7. The molecule has 1 heterocycles. The number of halogens is 2. The van der Waals surface area contributed by atoms with E-state index in [-0.39, 0.29) is 18.3 Å². The van der Waals surface area contributed by atoms with Gasteiger partial charge in [0.15, 0.2) is 6.29 Å².